The van der Waals surface area contributed by atoms with E-state index < -0.39 is 5.97 Å². The second kappa shape index (κ2) is 3.37. The van der Waals surface area contributed by atoms with E-state index in [1.807, 2.05) is 29.8 Å². The van der Waals surface area contributed by atoms with Gasteiger partial charge >= 0.3 is 5.97 Å². The zero-order chi connectivity index (χ0) is 12.2. The van der Waals surface area contributed by atoms with E-state index in [0.717, 1.165) is 26.4 Å². The first kappa shape index (κ1) is 10.4. The second-order valence-electron chi connectivity index (χ2n) is 3.97. The van der Waals surface area contributed by atoms with Crippen LogP contribution in [0.15, 0.2) is 28.7 Å². The highest BCUT2D eigenvalue weighted by Crippen LogP contribution is 2.30. The van der Waals surface area contributed by atoms with Gasteiger partial charge in [0.05, 0.1) is 5.52 Å². The highest BCUT2D eigenvalue weighted by Gasteiger charge is 2.14. The molecule has 0 aliphatic rings. The van der Waals surface area contributed by atoms with Gasteiger partial charge in [-0.15, -0.1) is 0 Å². The summed E-state index contributed by atoms with van der Waals surface area (Å²) in [6.07, 6.45) is 0. The normalized spacial score (nSPS) is 11.4. The Labute approximate surface area is 105 Å². The molecule has 0 saturated carbocycles. The van der Waals surface area contributed by atoms with Crippen molar-refractivity contribution < 1.29 is 9.90 Å². The van der Waals surface area contributed by atoms with Crippen LogP contribution in [0.25, 0.3) is 21.9 Å². The molecule has 4 nitrogen and oxygen atoms in total. The van der Waals surface area contributed by atoms with Crippen molar-refractivity contribution in [3.63, 3.8) is 0 Å². The Bertz CT molecular complexity index is 755. The van der Waals surface area contributed by atoms with E-state index in [4.69, 9.17) is 5.11 Å². The van der Waals surface area contributed by atoms with Crippen molar-refractivity contribution in [1.82, 2.24) is 9.55 Å². The minimum absolute atomic E-state index is 0.215. The Morgan fingerprint density at radius 2 is 2.12 bits per heavy atom. The minimum Gasteiger partial charge on any atom is -0.477 e. The maximum absolute atomic E-state index is 10.9. The number of hydrogen-bond acceptors (Lipinski definition) is 1. The van der Waals surface area contributed by atoms with Gasteiger partial charge in [-0.1, -0.05) is 15.9 Å². The summed E-state index contributed by atoms with van der Waals surface area (Å²) in [5, 5.41) is 10.9. The first-order chi connectivity index (χ1) is 8.08. The van der Waals surface area contributed by atoms with Crippen molar-refractivity contribution in [2.75, 3.05) is 0 Å². The van der Waals surface area contributed by atoms with E-state index >= 15 is 0 Å². The fourth-order valence-electron chi connectivity index (χ4n) is 2.17. The zero-order valence-electron chi connectivity index (χ0n) is 8.99. The van der Waals surface area contributed by atoms with Crippen LogP contribution in [0.3, 0.4) is 0 Å². The first-order valence-electron chi connectivity index (χ1n) is 5.08. The van der Waals surface area contributed by atoms with Gasteiger partial charge in [0.2, 0.25) is 0 Å². The quantitative estimate of drug-likeness (QED) is 0.724. The monoisotopic (exact) mass is 292 g/mol. The molecule has 5 heteroatoms. The van der Waals surface area contributed by atoms with Gasteiger partial charge in [0.15, 0.2) is 0 Å². The topological polar surface area (TPSA) is 58.0 Å². The fraction of sp³-hybridized carbons (Fsp3) is 0.0833. The number of aromatic amines is 1. The van der Waals surface area contributed by atoms with Crippen LogP contribution in [-0.2, 0) is 7.05 Å². The molecule has 0 unspecified atom stereocenters. The molecule has 0 amide bonds. The van der Waals surface area contributed by atoms with Crippen LogP contribution in [0.4, 0.5) is 0 Å². The minimum atomic E-state index is -0.940. The lowest BCUT2D eigenvalue weighted by Gasteiger charge is -1.97. The highest BCUT2D eigenvalue weighted by atomic mass is 79.9. The smallest absolute Gasteiger partial charge is 0.352 e. The number of H-pyrrole nitrogens is 1. The molecule has 0 saturated heterocycles. The Balaban J connectivity index is 2.48. The maximum atomic E-state index is 10.9. The Kier molecular flexibility index (Phi) is 2.06. The number of benzene rings is 1. The molecule has 3 aromatic rings. The van der Waals surface area contributed by atoms with Crippen molar-refractivity contribution in [2.24, 2.45) is 7.05 Å². The SMILES string of the molecule is Cn1c2ccc(Br)cc2c2cc(C(=O)O)[nH]c21. The lowest BCUT2D eigenvalue weighted by molar-refractivity contribution is 0.0691. The molecule has 0 aliphatic heterocycles. The summed E-state index contributed by atoms with van der Waals surface area (Å²) in [6.45, 7) is 0. The molecule has 2 aromatic heterocycles. The van der Waals surface area contributed by atoms with E-state index in [0.29, 0.717) is 0 Å². The van der Waals surface area contributed by atoms with E-state index in [-0.39, 0.29) is 5.69 Å². The summed E-state index contributed by atoms with van der Waals surface area (Å²) < 4.78 is 2.94. The van der Waals surface area contributed by atoms with E-state index in [9.17, 15) is 4.79 Å². The highest BCUT2D eigenvalue weighted by molar-refractivity contribution is 9.10. The van der Waals surface area contributed by atoms with Gasteiger partial charge in [-0.2, -0.15) is 0 Å². The van der Waals surface area contributed by atoms with Crippen molar-refractivity contribution in [3.8, 4) is 0 Å². The van der Waals surface area contributed by atoms with Crippen molar-refractivity contribution in [3.05, 3.63) is 34.4 Å². The number of carboxylic acids is 1. The number of carboxylic acid groups (broad SMARTS) is 1. The molecule has 0 fully saturated rings. The molecule has 2 N–H and O–H groups in total. The van der Waals surface area contributed by atoms with Crippen LogP contribution in [0.1, 0.15) is 10.5 Å². The predicted molar refractivity (Wildman–Crippen MR) is 69.4 cm³/mol. The van der Waals surface area contributed by atoms with Gasteiger partial charge in [-0.05, 0) is 24.3 Å². The Hall–Kier alpha value is -1.75. The molecule has 0 atom stereocenters. The average Bonchev–Trinajstić information content (AvgIpc) is 2.80. The lowest BCUT2D eigenvalue weighted by atomic mass is 10.2. The van der Waals surface area contributed by atoms with Gasteiger partial charge in [0, 0.05) is 22.3 Å². The zero-order valence-corrected chi connectivity index (χ0v) is 10.6. The number of nitrogens with zero attached hydrogens (tertiary/aromatic N) is 1. The molecular formula is C12H9BrN2O2. The van der Waals surface area contributed by atoms with Crippen LogP contribution in [0.2, 0.25) is 0 Å². The van der Waals surface area contributed by atoms with Crippen LogP contribution in [0.5, 0.6) is 0 Å². The van der Waals surface area contributed by atoms with Gasteiger partial charge < -0.3 is 14.7 Å². The molecule has 17 heavy (non-hydrogen) atoms. The third kappa shape index (κ3) is 1.39. The standard InChI is InChI=1S/C12H9BrN2O2/c1-15-10-3-2-6(13)4-7(10)8-5-9(12(16)17)14-11(8)15/h2-5,14H,1H3,(H,16,17). The molecule has 0 aliphatic carbocycles. The number of rotatable bonds is 1. The van der Waals surface area contributed by atoms with Crippen LogP contribution in [-0.4, -0.2) is 20.6 Å². The summed E-state index contributed by atoms with van der Waals surface area (Å²) in [5.74, 6) is -0.940. The van der Waals surface area contributed by atoms with Crippen LogP contribution in [0, 0.1) is 0 Å². The molecule has 0 bridgehead atoms. The molecule has 3 rings (SSSR count). The number of fused-ring (bicyclic) bond motifs is 3. The third-order valence-electron chi connectivity index (χ3n) is 2.97. The van der Waals surface area contributed by atoms with Gasteiger partial charge in [-0.25, -0.2) is 4.79 Å². The average molecular weight is 293 g/mol. The van der Waals surface area contributed by atoms with Crippen LogP contribution >= 0.6 is 15.9 Å². The Morgan fingerprint density at radius 1 is 1.35 bits per heavy atom. The van der Waals surface area contributed by atoms with Crippen LogP contribution < -0.4 is 0 Å². The van der Waals surface area contributed by atoms with E-state index in [1.54, 1.807) is 6.07 Å². The number of aromatic carboxylic acids is 1. The first-order valence-corrected chi connectivity index (χ1v) is 5.87. The molecular weight excluding hydrogens is 284 g/mol. The number of halogens is 1. The summed E-state index contributed by atoms with van der Waals surface area (Å²) >= 11 is 3.43. The van der Waals surface area contributed by atoms with Crippen molar-refractivity contribution in [1.29, 1.82) is 0 Å². The van der Waals surface area contributed by atoms with Gasteiger partial charge in [0.25, 0.3) is 0 Å². The molecule has 86 valence electrons. The third-order valence-corrected chi connectivity index (χ3v) is 3.47. The second-order valence-corrected chi connectivity index (χ2v) is 4.89. The molecule has 1 aromatic carbocycles. The molecule has 0 radical (unpaired) electrons. The molecule has 2 heterocycles. The van der Waals surface area contributed by atoms with Gasteiger partial charge in [-0.3, -0.25) is 0 Å². The largest absolute Gasteiger partial charge is 0.477 e. The van der Waals surface area contributed by atoms with E-state index in [1.165, 1.54) is 0 Å². The molecule has 0 spiro atoms. The number of carbonyl (C=O) groups is 1. The summed E-state index contributed by atoms with van der Waals surface area (Å²) in [5.41, 5.74) is 2.12. The summed E-state index contributed by atoms with van der Waals surface area (Å²) in [4.78, 5) is 13.9. The summed E-state index contributed by atoms with van der Waals surface area (Å²) in [6, 6.07) is 7.65. The number of aryl methyl sites for hydroxylation is 1. The Morgan fingerprint density at radius 3 is 2.82 bits per heavy atom. The summed E-state index contributed by atoms with van der Waals surface area (Å²) in [7, 11) is 1.92. The number of nitrogens with one attached hydrogen (secondary N) is 1. The maximum Gasteiger partial charge on any atom is 0.352 e. The fourth-order valence-corrected chi connectivity index (χ4v) is 2.53. The predicted octanol–water partition coefficient (Wildman–Crippen LogP) is 3.12. The number of hydrogen-bond donors (Lipinski definition) is 2. The van der Waals surface area contributed by atoms with Crippen molar-refractivity contribution in [2.45, 2.75) is 0 Å². The van der Waals surface area contributed by atoms with Gasteiger partial charge in [0.1, 0.15) is 11.3 Å². The van der Waals surface area contributed by atoms with E-state index in [2.05, 4.69) is 20.9 Å². The van der Waals surface area contributed by atoms with Crippen molar-refractivity contribution >= 4 is 43.8 Å². The number of aromatic nitrogens is 2. The lowest BCUT2D eigenvalue weighted by Crippen LogP contribution is -1.96.